The summed E-state index contributed by atoms with van der Waals surface area (Å²) in [5, 5.41) is 13.9. The molecule has 0 radical (unpaired) electrons. The van der Waals surface area contributed by atoms with Crippen molar-refractivity contribution >= 4 is 11.6 Å². The molecule has 5 nitrogen and oxygen atoms in total. The van der Waals surface area contributed by atoms with Crippen LogP contribution in [0.2, 0.25) is 5.02 Å². The largest absolute Gasteiger partial charge is 0.383 e. The molecule has 0 aliphatic carbocycles. The molecule has 0 amide bonds. The predicted octanol–water partition coefficient (Wildman–Crippen LogP) is 2.00. The van der Waals surface area contributed by atoms with Gasteiger partial charge in [-0.1, -0.05) is 18.5 Å². The second-order valence-corrected chi connectivity index (χ2v) is 4.74. The van der Waals surface area contributed by atoms with Crippen LogP contribution in [0.25, 0.3) is 0 Å². The number of hydrogen-bond donors (Lipinski definition) is 0. The Morgan fingerprint density at radius 3 is 2.74 bits per heavy atom. The highest BCUT2D eigenvalue weighted by Crippen LogP contribution is 2.22. The van der Waals surface area contributed by atoms with Gasteiger partial charge in [-0.15, -0.1) is 0 Å². The summed E-state index contributed by atoms with van der Waals surface area (Å²) in [6.07, 6.45) is 1.32. The predicted molar refractivity (Wildman–Crippen MR) is 75.0 cm³/mol. The van der Waals surface area contributed by atoms with Crippen molar-refractivity contribution < 1.29 is 4.74 Å². The van der Waals surface area contributed by atoms with Crippen LogP contribution in [0, 0.1) is 11.3 Å². The molecule has 0 saturated heterocycles. The number of nitrogens with zero attached hydrogens (tertiary/aromatic N) is 4. The minimum atomic E-state index is 0.500. The Labute approximate surface area is 119 Å². The molecule has 1 rings (SSSR count). The van der Waals surface area contributed by atoms with Crippen LogP contribution in [-0.4, -0.2) is 41.5 Å². The van der Waals surface area contributed by atoms with Crippen LogP contribution >= 0.6 is 11.6 Å². The van der Waals surface area contributed by atoms with E-state index < -0.39 is 0 Å². The maximum Gasteiger partial charge on any atom is 0.0863 e. The smallest absolute Gasteiger partial charge is 0.0863 e. The van der Waals surface area contributed by atoms with Gasteiger partial charge in [-0.25, -0.2) is 0 Å². The SMILES string of the molecule is CCc1nn(C)c(CN(CCC#N)CCOC)c1Cl. The third-order valence-corrected chi connectivity index (χ3v) is 3.46. The highest BCUT2D eigenvalue weighted by Gasteiger charge is 2.16. The third-order valence-electron chi connectivity index (χ3n) is 3.03. The Bertz CT molecular complexity index is 439. The van der Waals surface area contributed by atoms with Crippen LogP contribution in [-0.2, 0) is 24.8 Å². The van der Waals surface area contributed by atoms with E-state index in [9.17, 15) is 0 Å². The number of hydrogen-bond acceptors (Lipinski definition) is 4. The van der Waals surface area contributed by atoms with E-state index in [1.54, 1.807) is 7.11 Å². The van der Waals surface area contributed by atoms with Crippen LogP contribution in [0.1, 0.15) is 24.7 Å². The lowest BCUT2D eigenvalue weighted by molar-refractivity contribution is 0.144. The van der Waals surface area contributed by atoms with Crippen LogP contribution in [0.5, 0.6) is 0 Å². The first-order valence-electron chi connectivity index (χ1n) is 6.42. The number of nitriles is 1. The Morgan fingerprint density at radius 2 is 2.21 bits per heavy atom. The zero-order valence-electron chi connectivity index (χ0n) is 11.8. The number of methoxy groups -OCH3 is 1. The molecule has 106 valence electrons. The second-order valence-electron chi connectivity index (χ2n) is 4.36. The average Bonchev–Trinajstić information content (AvgIpc) is 2.68. The van der Waals surface area contributed by atoms with Crippen LogP contribution in [0.15, 0.2) is 0 Å². The van der Waals surface area contributed by atoms with E-state index in [0.29, 0.717) is 26.1 Å². The highest BCUT2D eigenvalue weighted by molar-refractivity contribution is 6.31. The van der Waals surface area contributed by atoms with Gasteiger partial charge < -0.3 is 4.74 Å². The second kappa shape index (κ2) is 8.16. The quantitative estimate of drug-likeness (QED) is 0.733. The number of halogens is 1. The van der Waals surface area contributed by atoms with Gasteiger partial charge in [-0.3, -0.25) is 9.58 Å². The Hall–Kier alpha value is -1.09. The van der Waals surface area contributed by atoms with Crippen LogP contribution in [0.3, 0.4) is 0 Å². The van der Waals surface area contributed by atoms with Crippen molar-refractivity contribution in [3.05, 3.63) is 16.4 Å². The summed E-state index contributed by atoms with van der Waals surface area (Å²) in [6.45, 7) is 4.86. The molecule has 0 unspecified atom stereocenters. The fraction of sp³-hybridized carbons (Fsp3) is 0.692. The first-order valence-corrected chi connectivity index (χ1v) is 6.80. The first kappa shape index (κ1) is 16.0. The van der Waals surface area contributed by atoms with Crippen molar-refractivity contribution in [2.24, 2.45) is 7.05 Å². The van der Waals surface area contributed by atoms with E-state index in [1.165, 1.54) is 0 Å². The number of aryl methyl sites for hydroxylation is 2. The van der Waals surface area contributed by atoms with E-state index >= 15 is 0 Å². The molecule has 0 spiro atoms. The van der Waals surface area contributed by atoms with Gasteiger partial charge in [0.25, 0.3) is 0 Å². The lowest BCUT2D eigenvalue weighted by Gasteiger charge is -2.20. The normalized spacial score (nSPS) is 10.9. The molecule has 0 aromatic carbocycles. The summed E-state index contributed by atoms with van der Waals surface area (Å²) in [6, 6.07) is 2.17. The number of aromatic nitrogens is 2. The molecular weight excluding hydrogens is 264 g/mol. The van der Waals surface area contributed by atoms with E-state index in [2.05, 4.69) is 16.1 Å². The Morgan fingerprint density at radius 1 is 1.47 bits per heavy atom. The number of rotatable bonds is 8. The van der Waals surface area contributed by atoms with Gasteiger partial charge in [0.1, 0.15) is 0 Å². The topological polar surface area (TPSA) is 54.1 Å². The first-order chi connectivity index (χ1) is 9.13. The van der Waals surface area contributed by atoms with Crippen molar-refractivity contribution in [3.63, 3.8) is 0 Å². The molecule has 1 aromatic heterocycles. The average molecular weight is 285 g/mol. The molecule has 19 heavy (non-hydrogen) atoms. The maximum atomic E-state index is 8.71. The van der Waals surface area contributed by atoms with Crippen molar-refractivity contribution in [2.45, 2.75) is 26.3 Å². The van der Waals surface area contributed by atoms with E-state index in [-0.39, 0.29) is 0 Å². The Balaban J connectivity index is 2.77. The molecule has 0 aliphatic heterocycles. The summed E-state index contributed by atoms with van der Waals surface area (Å²) in [7, 11) is 3.58. The van der Waals surface area contributed by atoms with Crippen molar-refractivity contribution in [1.29, 1.82) is 5.26 Å². The zero-order chi connectivity index (χ0) is 14.3. The molecule has 1 heterocycles. The molecule has 0 fully saturated rings. The van der Waals surface area contributed by atoms with Gasteiger partial charge in [0.2, 0.25) is 0 Å². The summed E-state index contributed by atoms with van der Waals surface area (Å²) < 4.78 is 6.92. The summed E-state index contributed by atoms with van der Waals surface area (Å²) >= 11 is 6.34. The standard InChI is InChI=1S/C13H21ClN4O/c1-4-11-13(14)12(17(2)16-11)10-18(7-5-6-15)8-9-19-3/h4-5,7-10H2,1-3H3. The van der Waals surface area contributed by atoms with Gasteiger partial charge in [-0.2, -0.15) is 10.4 Å². The Kier molecular flexibility index (Phi) is 6.85. The fourth-order valence-corrected chi connectivity index (χ4v) is 2.26. The monoisotopic (exact) mass is 284 g/mol. The molecule has 6 heteroatoms. The molecule has 0 N–H and O–H groups in total. The van der Waals surface area contributed by atoms with Gasteiger partial charge in [0, 0.05) is 40.2 Å². The fourth-order valence-electron chi connectivity index (χ4n) is 1.90. The molecule has 0 bridgehead atoms. The maximum absolute atomic E-state index is 8.71. The van der Waals surface area contributed by atoms with Crippen molar-refractivity contribution in [2.75, 3.05) is 26.8 Å². The van der Waals surface area contributed by atoms with E-state index in [4.69, 9.17) is 21.6 Å². The molecule has 0 saturated carbocycles. The molecule has 0 atom stereocenters. The summed E-state index contributed by atoms with van der Waals surface area (Å²) in [5.41, 5.74) is 1.92. The van der Waals surface area contributed by atoms with Gasteiger partial charge in [0.05, 0.1) is 29.1 Å². The minimum Gasteiger partial charge on any atom is -0.383 e. The number of ether oxygens (including phenoxy) is 1. The van der Waals surface area contributed by atoms with Gasteiger partial charge >= 0.3 is 0 Å². The van der Waals surface area contributed by atoms with Crippen molar-refractivity contribution in [3.8, 4) is 6.07 Å². The molecule has 1 aromatic rings. The van der Waals surface area contributed by atoms with E-state index in [0.717, 1.165) is 29.4 Å². The highest BCUT2D eigenvalue weighted by atomic mass is 35.5. The molecular formula is C13H21ClN4O. The van der Waals surface area contributed by atoms with Crippen LogP contribution in [0.4, 0.5) is 0 Å². The van der Waals surface area contributed by atoms with Crippen molar-refractivity contribution in [1.82, 2.24) is 14.7 Å². The lowest BCUT2D eigenvalue weighted by Crippen LogP contribution is -2.29. The lowest BCUT2D eigenvalue weighted by atomic mass is 10.2. The van der Waals surface area contributed by atoms with Crippen LogP contribution < -0.4 is 0 Å². The zero-order valence-corrected chi connectivity index (χ0v) is 12.6. The molecule has 0 aliphatic rings. The van der Waals surface area contributed by atoms with E-state index in [1.807, 2.05) is 18.7 Å². The van der Waals surface area contributed by atoms with Gasteiger partial charge in [0.15, 0.2) is 0 Å². The summed E-state index contributed by atoms with van der Waals surface area (Å²) in [4.78, 5) is 2.16. The summed E-state index contributed by atoms with van der Waals surface area (Å²) in [5.74, 6) is 0. The minimum absolute atomic E-state index is 0.500. The third kappa shape index (κ3) is 4.50. The van der Waals surface area contributed by atoms with Gasteiger partial charge in [-0.05, 0) is 6.42 Å².